The Balaban J connectivity index is 1.73. The maximum absolute atomic E-state index is 12.6. The van der Waals surface area contributed by atoms with Gasteiger partial charge in [-0.25, -0.2) is 0 Å². The van der Waals surface area contributed by atoms with E-state index < -0.39 is 0 Å². The maximum atomic E-state index is 12.6. The minimum absolute atomic E-state index is 0.0724. The van der Waals surface area contributed by atoms with E-state index in [4.69, 9.17) is 4.74 Å². The lowest BCUT2D eigenvalue weighted by Gasteiger charge is -2.13. The zero-order valence-corrected chi connectivity index (χ0v) is 17.9. The summed E-state index contributed by atoms with van der Waals surface area (Å²) in [6.45, 7) is 7.18. The van der Waals surface area contributed by atoms with Crippen LogP contribution < -0.4 is 5.32 Å². The van der Waals surface area contributed by atoms with Crippen molar-refractivity contribution in [2.24, 2.45) is 0 Å². The number of aryl methyl sites for hydroxylation is 3. The second-order valence-corrected chi connectivity index (χ2v) is 7.74. The van der Waals surface area contributed by atoms with E-state index in [1.165, 1.54) is 17.3 Å². The zero-order chi connectivity index (χ0) is 20.8. The van der Waals surface area contributed by atoms with Crippen LogP contribution in [-0.2, 0) is 16.1 Å². The van der Waals surface area contributed by atoms with Gasteiger partial charge in [0.05, 0.1) is 18.9 Å². The normalized spacial score (nSPS) is 10.9. The molecule has 0 aliphatic rings. The summed E-state index contributed by atoms with van der Waals surface area (Å²) in [6, 6.07) is 7.91. The first kappa shape index (κ1) is 21.0. The second-order valence-electron chi connectivity index (χ2n) is 6.80. The smallest absolute Gasteiger partial charge is 0.234 e. The van der Waals surface area contributed by atoms with Crippen molar-refractivity contribution in [1.82, 2.24) is 19.7 Å². The molecule has 0 fully saturated rings. The summed E-state index contributed by atoms with van der Waals surface area (Å²) in [5.74, 6) is 0.906. The van der Waals surface area contributed by atoms with Crippen molar-refractivity contribution in [3.05, 3.63) is 53.3 Å². The number of amides is 1. The lowest BCUT2D eigenvalue weighted by molar-refractivity contribution is -0.113. The van der Waals surface area contributed by atoms with Gasteiger partial charge in [0.25, 0.3) is 0 Å². The first-order valence-electron chi connectivity index (χ1n) is 9.32. The molecule has 0 saturated heterocycles. The number of aromatic nitrogens is 4. The van der Waals surface area contributed by atoms with Gasteiger partial charge in [0.1, 0.15) is 0 Å². The molecule has 7 nitrogen and oxygen atoms in total. The van der Waals surface area contributed by atoms with Gasteiger partial charge < -0.3 is 10.1 Å². The van der Waals surface area contributed by atoms with E-state index in [0.29, 0.717) is 18.3 Å². The maximum Gasteiger partial charge on any atom is 0.234 e. The number of rotatable bonds is 8. The Bertz CT molecular complexity index is 965. The summed E-state index contributed by atoms with van der Waals surface area (Å²) in [4.78, 5) is 16.6. The number of ether oxygens (including phenoxy) is 1. The van der Waals surface area contributed by atoms with Crippen LogP contribution in [0.25, 0.3) is 11.4 Å². The number of methoxy groups -OCH3 is 1. The molecular formula is C21H25N5O2S. The highest BCUT2D eigenvalue weighted by Crippen LogP contribution is 2.25. The van der Waals surface area contributed by atoms with Crippen LogP contribution in [0.2, 0.25) is 0 Å². The van der Waals surface area contributed by atoms with Crippen molar-refractivity contribution >= 4 is 23.4 Å². The van der Waals surface area contributed by atoms with Crippen molar-refractivity contribution in [3.8, 4) is 11.4 Å². The number of hydrogen-bond acceptors (Lipinski definition) is 6. The quantitative estimate of drug-likeness (QED) is 0.570. The molecule has 0 radical (unpaired) electrons. The molecule has 0 saturated carbocycles. The number of benzene rings is 1. The Kier molecular flexibility index (Phi) is 7.00. The highest BCUT2D eigenvalue weighted by Gasteiger charge is 2.16. The van der Waals surface area contributed by atoms with Gasteiger partial charge in [-0.05, 0) is 44.0 Å². The molecule has 2 heterocycles. The lowest BCUT2D eigenvalue weighted by atomic mass is 10.1. The SMILES string of the molecule is COCCn1c(SCC(=O)Nc2c(C)cc(C)cc2C)nnc1-c1ccncc1. The van der Waals surface area contributed by atoms with Crippen LogP contribution in [0.3, 0.4) is 0 Å². The second kappa shape index (κ2) is 9.67. The van der Waals surface area contributed by atoms with Crippen LogP contribution in [-0.4, -0.2) is 45.1 Å². The van der Waals surface area contributed by atoms with E-state index in [1.54, 1.807) is 19.5 Å². The largest absolute Gasteiger partial charge is 0.383 e. The van der Waals surface area contributed by atoms with Crippen LogP contribution in [0, 0.1) is 20.8 Å². The van der Waals surface area contributed by atoms with Gasteiger partial charge >= 0.3 is 0 Å². The van der Waals surface area contributed by atoms with Crippen LogP contribution in [0.15, 0.2) is 41.8 Å². The van der Waals surface area contributed by atoms with Crippen LogP contribution in [0.4, 0.5) is 5.69 Å². The molecule has 0 spiro atoms. The van der Waals surface area contributed by atoms with Crippen LogP contribution in [0.5, 0.6) is 0 Å². The molecule has 0 bridgehead atoms. The molecule has 1 amide bonds. The summed E-state index contributed by atoms with van der Waals surface area (Å²) < 4.78 is 7.20. The number of carbonyl (C=O) groups excluding carboxylic acids is 1. The third-order valence-electron chi connectivity index (χ3n) is 4.45. The van der Waals surface area contributed by atoms with Crippen molar-refractivity contribution in [3.63, 3.8) is 0 Å². The number of anilines is 1. The van der Waals surface area contributed by atoms with Gasteiger partial charge in [-0.15, -0.1) is 10.2 Å². The number of nitrogens with zero attached hydrogens (tertiary/aromatic N) is 4. The van der Waals surface area contributed by atoms with Gasteiger partial charge in [0.15, 0.2) is 11.0 Å². The summed E-state index contributed by atoms with van der Waals surface area (Å²) in [5.41, 5.74) is 5.10. The molecule has 0 atom stereocenters. The van der Waals surface area contributed by atoms with E-state index in [0.717, 1.165) is 28.2 Å². The predicted molar refractivity (Wildman–Crippen MR) is 115 cm³/mol. The molecule has 0 aliphatic carbocycles. The summed E-state index contributed by atoms with van der Waals surface area (Å²) in [7, 11) is 1.66. The first-order chi connectivity index (χ1) is 14.0. The third kappa shape index (κ3) is 5.21. The van der Waals surface area contributed by atoms with E-state index in [1.807, 2.05) is 30.5 Å². The van der Waals surface area contributed by atoms with Gasteiger partial charge in [-0.3, -0.25) is 14.3 Å². The van der Waals surface area contributed by atoms with E-state index in [9.17, 15) is 4.79 Å². The standard InChI is InChI=1S/C21H25N5O2S/c1-14-11-15(2)19(16(3)12-14)23-18(27)13-29-21-25-24-20(26(21)9-10-28-4)17-5-7-22-8-6-17/h5-8,11-12H,9-10,13H2,1-4H3,(H,23,27). The third-order valence-corrected chi connectivity index (χ3v) is 5.41. The average molecular weight is 412 g/mol. The first-order valence-corrected chi connectivity index (χ1v) is 10.3. The topological polar surface area (TPSA) is 81.9 Å². The van der Waals surface area contributed by atoms with Gasteiger partial charge in [0.2, 0.25) is 5.91 Å². The van der Waals surface area contributed by atoms with Crippen LogP contribution in [0.1, 0.15) is 16.7 Å². The molecule has 0 aliphatic heterocycles. The number of carbonyl (C=O) groups is 1. The minimum atomic E-state index is -0.0724. The van der Waals surface area contributed by atoms with Crippen molar-refractivity contribution in [1.29, 1.82) is 0 Å². The Labute approximate surface area is 174 Å². The fourth-order valence-corrected chi connectivity index (χ4v) is 3.94. The van der Waals surface area contributed by atoms with Crippen molar-refractivity contribution < 1.29 is 9.53 Å². The van der Waals surface area contributed by atoms with Crippen LogP contribution >= 0.6 is 11.8 Å². The summed E-state index contributed by atoms with van der Waals surface area (Å²) in [5, 5.41) is 12.3. The lowest BCUT2D eigenvalue weighted by Crippen LogP contribution is -2.16. The molecule has 152 valence electrons. The Hall–Kier alpha value is -2.71. The zero-order valence-electron chi connectivity index (χ0n) is 17.1. The Morgan fingerprint density at radius 1 is 1.14 bits per heavy atom. The molecule has 3 aromatic rings. The molecule has 3 rings (SSSR count). The molecule has 0 unspecified atom stereocenters. The molecule has 8 heteroatoms. The van der Waals surface area contributed by atoms with Crippen molar-refractivity contribution in [2.75, 3.05) is 24.8 Å². The molecule has 29 heavy (non-hydrogen) atoms. The van der Waals surface area contributed by atoms with Gasteiger partial charge in [-0.2, -0.15) is 0 Å². The number of nitrogens with one attached hydrogen (secondary N) is 1. The fraction of sp³-hybridized carbons (Fsp3) is 0.333. The summed E-state index contributed by atoms with van der Waals surface area (Å²) >= 11 is 1.36. The van der Waals surface area contributed by atoms with E-state index in [-0.39, 0.29) is 11.7 Å². The molecule has 1 N–H and O–H groups in total. The minimum Gasteiger partial charge on any atom is -0.383 e. The Morgan fingerprint density at radius 2 is 1.83 bits per heavy atom. The highest BCUT2D eigenvalue weighted by atomic mass is 32.2. The Morgan fingerprint density at radius 3 is 2.48 bits per heavy atom. The van der Waals surface area contributed by atoms with Crippen molar-refractivity contribution in [2.45, 2.75) is 32.5 Å². The van der Waals surface area contributed by atoms with E-state index >= 15 is 0 Å². The monoisotopic (exact) mass is 411 g/mol. The fourth-order valence-electron chi connectivity index (χ4n) is 3.18. The van der Waals surface area contributed by atoms with E-state index in [2.05, 4.69) is 39.6 Å². The molecule has 2 aromatic heterocycles. The highest BCUT2D eigenvalue weighted by molar-refractivity contribution is 7.99. The number of thioether (sulfide) groups is 1. The van der Waals surface area contributed by atoms with Gasteiger partial charge in [-0.1, -0.05) is 29.5 Å². The number of hydrogen-bond donors (Lipinski definition) is 1. The molecule has 1 aromatic carbocycles. The summed E-state index contributed by atoms with van der Waals surface area (Å²) in [6.07, 6.45) is 3.44. The average Bonchev–Trinajstić information content (AvgIpc) is 3.11. The van der Waals surface area contributed by atoms with Gasteiger partial charge in [0, 0.05) is 30.8 Å². The number of pyridine rings is 1. The predicted octanol–water partition coefficient (Wildman–Crippen LogP) is 3.64. The molecular weight excluding hydrogens is 386 g/mol.